The summed E-state index contributed by atoms with van der Waals surface area (Å²) in [6.07, 6.45) is 1.74. The second-order valence-electron chi connectivity index (χ2n) is 8.60. The van der Waals surface area contributed by atoms with Gasteiger partial charge in [0.05, 0.1) is 48.0 Å². The van der Waals surface area contributed by atoms with Gasteiger partial charge in [0, 0.05) is 6.61 Å². The highest BCUT2D eigenvalue weighted by Gasteiger charge is 2.22. The van der Waals surface area contributed by atoms with Crippen molar-refractivity contribution in [1.82, 2.24) is 14.9 Å². The van der Waals surface area contributed by atoms with Crippen LogP contribution in [-0.2, 0) is 20.8 Å². The van der Waals surface area contributed by atoms with Crippen molar-refractivity contribution in [3.05, 3.63) is 69.5 Å². The number of carbonyl (C=O) groups is 2. The van der Waals surface area contributed by atoms with E-state index >= 15 is 0 Å². The maximum Gasteiger partial charge on any atom is 0.337 e. The number of hydrogen-bond donors (Lipinski definition) is 1. The Bertz CT molecular complexity index is 1300. The summed E-state index contributed by atoms with van der Waals surface area (Å²) in [5.41, 5.74) is 2.64. The highest BCUT2D eigenvalue weighted by Crippen LogP contribution is 2.23. The van der Waals surface area contributed by atoms with Gasteiger partial charge in [0.2, 0.25) is 5.91 Å². The van der Waals surface area contributed by atoms with E-state index in [1.54, 1.807) is 22.8 Å². The number of amides is 1. The monoisotopic (exact) mass is 495 g/mol. The Morgan fingerprint density at radius 3 is 2.80 bits per heavy atom. The number of thioether (sulfide) groups is 1. The molecular formula is C26H29N3O5S. The minimum absolute atomic E-state index is 0.0736. The fourth-order valence-electron chi connectivity index (χ4n) is 4.27. The van der Waals surface area contributed by atoms with E-state index in [0.29, 0.717) is 34.8 Å². The summed E-state index contributed by atoms with van der Waals surface area (Å²) in [6.45, 7) is 4.99. The number of aromatic nitrogens is 2. The highest BCUT2D eigenvalue weighted by atomic mass is 32.2. The molecule has 0 saturated carbocycles. The van der Waals surface area contributed by atoms with E-state index in [4.69, 9.17) is 9.47 Å². The van der Waals surface area contributed by atoms with Crippen LogP contribution in [0.25, 0.3) is 10.9 Å². The molecule has 0 bridgehead atoms. The molecule has 3 aromatic rings. The molecule has 0 radical (unpaired) electrons. The molecule has 1 fully saturated rings. The number of carbonyl (C=O) groups excluding carboxylic acids is 2. The van der Waals surface area contributed by atoms with Crippen molar-refractivity contribution in [2.75, 3.05) is 19.5 Å². The Kier molecular flexibility index (Phi) is 7.87. The van der Waals surface area contributed by atoms with Gasteiger partial charge in [-0.2, -0.15) is 0 Å². The third-order valence-electron chi connectivity index (χ3n) is 6.12. The van der Waals surface area contributed by atoms with Crippen molar-refractivity contribution < 1.29 is 19.1 Å². The molecule has 2 heterocycles. The van der Waals surface area contributed by atoms with Gasteiger partial charge in [0.1, 0.15) is 0 Å². The summed E-state index contributed by atoms with van der Waals surface area (Å²) >= 11 is 1.20. The van der Waals surface area contributed by atoms with E-state index in [1.807, 2.05) is 38.1 Å². The van der Waals surface area contributed by atoms with Crippen molar-refractivity contribution >= 4 is 34.5 Å². The minimum Gasteiger partial charge on any atom is -0.465 e. The zero-order valence-electron chi connectivity index (χ0n) is 20.1. The number of fused-ring (bicyclic) bond motifs is 1. The predicted octanol–water partition coefficient (Wildman–Crippen LogP) is 3.64. The van der Waals surface area contributed by atoms with Gasteiger partial charge in [0.25, 0.3) is 5.56 Å². The van der Waals surface area contributed by atoms with Crippen molar-refractivity contribution in [2.24, 2.45) is 0 Å². The Morgan fingerprint density at radius 1 is 1.29 bits per heavy atom. The normalized spacial score (nSPS) is 16.3. The number of esters is 1. The Morgan fingerprint density at radius 2 is 2.09 bits per heavy atom. The highest BCUT2D eigenvalue weighted by molar-refractivity contribution is 7.99. The van der Waals surface area contributed by atoms with E-state index in [1.165, 1.54) is 18.9 Å². The van der Waals surface area contributed by atoms with Crippen molar-refractivity contribution in [3.63, 3.8) is 0 Å². The maximum atomic E-state index is 13.4. The predicted molar refractivity (Wildman–Crippen MR) is 135 cm³/mol. The van der Waals surface area contributed by atoms with Crippen molar-refractivity contribution in [3.8, 4) is 0 Å². The molecular weight excluding hydrogens is 466 g/mol. The first-order valence-electron chi connectivity index (χ1n) is 11.6. The molecule has 2 atom stereocenters. The third kappa shape index (κ3) is 5.74. The molecule has 0 aliphatic carbocycles. The first kappa shape index (κ1) is 24.9. The Hall–Kier alpha value is -3.17. The van der Waals surface area contributed by atoms with E-state index in [2.05, 4.69) is 10.3 Å². The zero-order chi connectivity index (χ0) is 24.9. The van der Waals surface area contributed by atoms with E-state index in [9.17, 15) is 14.4 Å². The third-order valence-corrected chi connectivity index (χ3v) is 7.09. The van der Waals surface area contributed by atoms with Gasteiger partial charge in [-0.05, 0) is 56.0 Å². The summed E-state index contributed by atoms with van der Waals surface area (Å²) in [5.74, 6) is -0.570. The molecule has 2 aromatic carbocycles. The zero-order valence-corrected chi connectivity index (χ0v) is 20.9. The van der Waals surface area contributed by atoms with E-state index in [0.717, 1.165) is 24.0 Å². The van der Waals surface area contributed by atoms with Gasteiger partial charge in [-0.1, -0.05) is 36.0 Å². The molecule has 8 nitrogen and oxygen atoms in total. The van der Waals surface area contributed by atoms with Gasteiger partial charge >= 0.3 is 5.97 Å². The number of rotatable bonds is 8. The Labute approximate surface area is 208 Å². The van der Waals surface area contributed by atoms with Gasteiger partial charge in [-0.25, -0.2) is 9.78 Å². The molecule has 1 aliphatic heterocycles. The average Bonchev–Trinajstić information content (AvgIpc) is 3.37. The number of nitrogens with zero attached hydrogens (tertiary/aromatic N) is 2. The molecule has 0 spiro atoms. The number of ether oxygens (including phenoxy) is 2. The molecule has 9 heteroatoms. The van der Waals surface area contributed by atoms with Crippen LogP contribution < -0.4 is 10.9 Å². The number of methoxy groups -OCH3 is 1. The van der Waals surface area contributed by atoms with Gasteiger partial charge in [-0.15, -0.1) is 0 Å². The summed E-state index contributed by atoms with van der Waals surface area (Å²) in [5, 5.41) is 3.84. The first-order valence-corrected chi connectivity index (χ1v) is 12.6. The lowest BCUT2D eigenvalue weighted by atomic mass is 10.0. The molecule has 1 saturated heterocycles. The number of aryl methyl sites for hydroxylation is 1. The van der Waals surface area contributed by atoms with Crippen LogP contribution in [0.5, 0.6) is 0 Å². The molecule has 4 rings (SSSR count). The first-order chi connectivity index (χ1) is 16.9. The molecule has 35 heavy (non-hydrogen) atoms. The lowest BCUT2D eigenvalue weighted by Gasteiger charge is -2.18. The van der Waals surface area contributed by atoms with Crippen LogP contribution in [0.3, 0.4) is 0 Å². The fourth-order valence-corrected chi connectivity index (χ4v) is 5.09. The minimum atomic E-state index is -0.504. The molecule has 2 unspecified atom stereocenters. The summed E-state index contributed by atoms with van der Waals surface area (Å²) in [4.78, 5) is 42.8. The van der Waals surface area contributed by atoms with Crippen LogP contribution in [0.2, 0.25) is 0 Å². The van der Waals surface area contributed by atoms with Gasteiger partial charge in [-0.3, -0.25) is 14.2 Å². The van der Waals surface area contributed by atoms with Crippen LogP contribution in [-0.4, -0.2) is 47.0 Å². The summed E-state index contributed by atoms with van der Waals surface area (Å²) in [6, 6.07) is 12.5. The second kappa shape index (κ2) is 11.0. The van der Waals surface area contributed by atoms with Crippen LogP contribution in [0.4, 0.5) is 0 Å². The van der Waals surface area contributed by atoms with Crippen LogP contribution >= 0.6 is 11.8 Å². The van der Waals surface area contributed by atoms with Crippen LogP contribution in [0.15, 0.2) is 52.4 Å². The molecule has 184 valence electrons. The lowest BCUT2D eigenvalue weighted by molar-refractivity contribution is -0.119. The second-order valence-corrected chi connectivity index (χ2v) is 9.55. The smallest absolute Gasteiger partial charge is 0.337 e. The number of hydrogen-bond acceptors (Lipinski definition) is 7. The van der Waals surface area contributed by atoms with Gasteiger partial charge in [0.15, 0.2) is 5.16 Å². The number of benzene rings is 2. The summed E-state index contributed by atoms with van der Waals surface area (Å²) < 4.78 is 12.1. The van der Waals surface area contributed by atoms with Crippen LogP contribution in [0.1, 0.15) is 47.3 Å². The van der Waals surface area contributed by atoms with Crippen LogP contribution in [0, 0.1) is 6.92 Å². The number of nitrogens with one attached hydrogen (secondary N) is 1. The molecule has 1 aliphatic rings. The standard InChI is InChI=1S/C26H29N3O5S/c1-16-7-4-5-9-20(16)17(2)27-23(30)15-35-26-28-22-13-18(25(32)33-3)10-11-21(22)24(31)29(26)14-19-8-6-12-34-19/h4-5,7,9-11,13,17,19H,6,8,12,14-15H2,1-3H3,(H,27,30). The molecule has 1 amide bonds. The largest absolute Gasteiger partial charge is 0.465 e. The maximum absolute atomic E-state index is 13.4. The van der Waals surface area contributed by atoms with E-state index in [-0.39, 0.29) is 29.4 Å². The quantitative estimate of drug-likeness (QED) is 0.289. The Balaban J connectivity index is 1.59. The SMILES string of the molecule is COC(=O)c1ccc2c(=O)n(CC3CCCO3)c(SCC(=O)NC(C)c3ccccc3C)nc2c1. The van der Waals surface area contributed by atoms with Crippen molar-refractivity contribution in [2.45, 2.75) is 50.5 Å². The summed E-state index contributed by atoms with van der Waals surface area (Å²) in [7, 11) is 1.30. The molecule has 1 aromatic heterocycles. The van der Waals surface area contributed by atoms with Gasteiger partial charge < -0.3 is 14.8 Å². The lowest BCUT2D eigenvalue weighted by Crippen LogP contribution is -2.31. The van der Waals surface area contributed by atoms with E-state index < -0.39 is 5.97 Å². The fraction of sp³-hybridized carbons (Fsp3) is 0.385. The molecule has 1 N–H and O–H groups in total. The average molecular weight is 496 g/mol. The van der Waals surface area contributed by atoms with Crippen molar-refractivity contribution in [1.29, 1.82) is 0 Å². The topological polar surface area (TPSA) is 99.5 Å².